The molecule has 0 aliphatic heterocycles. The van der Waals surface area contributed by atoms with E-state index in [0.717, 1.165) is 31.6 Å². The Kier molecular flexibility index (Phi) is 6.90. The molecule has 1 atom stereocenters. The molecule has 0 heterocycles. The summed E-state index contributed by atoms with van der Waals surface area (Å²) < 4.78 is 5.49. The Balaban J connectivity index is 2.56. The summed E-state index contributed by atoms with van der Waals surface area (Å²) in [6.45, 7) is 3.67. The highest BCUT2D eigenvalue weighted by molar-refractivity contribution is 6.42. The molecule has 0 aromatic heterocycles. The number of rotatable bonds is 7. The molecular weight excluding hydrogens is 257 g/mol. The number of ether oxygens (including phenoxy) is 1. The molecule has 0 aliphatic rings. The molecule has 1 N–H and O–H groups in total. The summed E-state index contributed by atoms with van der Waals surface area (Å²) in [7, 11) is 1.94. The zero-order valence-electron chi connectivity index (χ0n) is 10.3. The van der Waals surface area contributed by atoms with Crippen LogP contribution < -0.4 is 5.32 Å². The summed E-state index contributed by atoms with van der Waals surface area (Å²) >= 11 is 11.9. The zero-order valence-corrected chi connectivity index (χ0v) is 11.8. The van der Waals surface area contributed by atoms with Gasteiger partial charge in [0.25, 0.3) is 0 Å². The molecule has 0 radical (unpaired) electrons. The lowest BCUT2D eigenvalue weighted by Gasteiger charge is -2.17. The van der Waals surface area contributed by atoms with Crippen LogP contribution in [0.25, 0.3) is 0 Å². The van der Waals surface area contributed by atoms with E-state index in [2.05, 4.69) is 12.2 Å². The molecule has 1 rings (SSSR count). The SMILES string of the molecule is CCCOCCC(NC)c1ccc(Cl)c(Cl)c1. The molecule has 96 valence electrons. The Hall–Kier alpha value is -0.280. The normalized spacial score (nSPS) is 12.7. The summed E-state index contributed by atoms with van der Waals surface area (Å²) in [5.74, 6) is 0. The van der Waals surface area contributed by atoms with Crippen LogP contribution in [0.3, 0.4) is 0 Å². The van der Waals surface area contributed by atoms with Gasteiger partial charge in [-0.15, -0.1) is 0 Å². The van der Waals surface area contributed by atoms with Crippen LogP contribution in [-0.2, 0) is 4.74 Å². The smallest absolute Gasteiger partial charge is 0.0595 e. The lowest BCUT2D eigenvalue weighted by Crippen LogP contribution is -2.18. The van der Waals surface area contributed by atoms with Crippen molar-refractivity contribution < 1.29 is 4.74 Å². The summed E-state index contributed by atoms with van der Waals surface area (Å²) in [6.07, 6.45) is 1.98. The van der Waals surface area contributed by atoms with Gasteiger partial charge < -0.3 is 10.1 Å². The molecule has 0 spiro atoms. The van der Waals surface area contributed by atoms with E-state index in [9.17, 15) is 0 Å². The van der Waals surface area contributed by atoms with Crippen molar-refractivity contribution in [3.05, 3.63) is 33.8 Å². The van der Waals surface area contributed by atoms with Crippen LogP contribution in [0.1, 0.15) is 31.4 Å². The third-order valence-electron chi connectivity index (χ3n) is 2.59. The van der Waals surface area contributed by atoms with Gasteiger partial charge in [0.2, 0.25) is 0 Å². The highest BCUT2D eigenvalue weighted by Gasteiger charge is 2.10. The lowest BCUT2D eigenvalue weighted by atomic mass is 10.0. The van der Waals surface area contributed by atoms with E-state index in [4.69, 9.17) is 27.9 Å². The average Bonchev–Trinajstić information content (AvgIpc) is 2.33. The fourth-order valence-electron chi connectivity index (χ4n) is 1.65. The van der Waals surface area contributed by atoms with E-state index in [0.29, 0.717) is 10.0 Å². The first-order chi connectivity index (χ1) is 8.19. The third-order valence-corrected chi connectivity index (χ3v) is 3.33. The molecule has 0 saturated carbocycles. The van der Waals surface area contributed by atoms with Gasteiger partial charge in [-0.3, -0.25) is 0 Å². The Morgan fingerprint density at radius 2 is 2.00 bits per heavy atom. The predicted molar refractivity (Wildman–Crippen MR) is 74.0 cm³/mol. The topological polar surface area (TPSA) is 21.3 Å². The van der Waals surface area contributed by atoms with Crippen LogP contribution in [0.2, 0.25) is 10.0 Å². The molecule has 1 aromatic rings. The van der Waals surface area contributed by atoms with Gasteiger partial charge in [0.05, 0.1) is 10.0 Å². The predicted octanol–water partition coefficient (Wildman–Crippen LogP) is 4.07. The minimum Gasteiger partial charge on any atom is -0.381 e. The van der Waals surface area contributed by atoms with Gasteiger partial charge in [-0.2, -0.15) is 0 Å². The Labute approximate surface area is 113 Å². The maximum atomic E-state index is 6.01. The molecule has 2 nitrogen and oxygen atoms in total. The molecule has 0 saturated heterocycles. The van der Waals surface area contributed by atoms with Crippen molar-refractivity contribution in [2.24, 2.45) is 0 Å². The quantitative estimate of drug-likeness (QED) is 0.758. The average molecular weight is 276 g/mol. The van der Waals surface area contributed by atoms with E-state index < -0.39 is 0 Å². The first-order valence-corrected chi connectivity index (χ1v) is 6.64. The Bertz CT molecular complexity index is 344. The minimum atomic E-state index is 0.252. The first-order valence-electron chi connectivity index (χ1n) is 5.89. The maximum absolute atomic E-state index is 6.01. The molecule has 1 aromatic carbocycles. The Morgan fingerprint density at radius 1 is 1.24 bits per heavy atom. The standard InChI is InChI=1S/C13H19Cl2NO/c1-3-7-17-8-6-13(16-2)10-4-5-11(14)12(15)9-10/h4-5,9,13,16H,3,6-8H2,1-2H3. The lowest BCUT2D eigenvalue weighted by molar-refractivity contribution is 0.125. The molecule has 0 bridgehead atoms. The minimum absolute atomic E-state index is 0.252. The number of benzene rings is 1. The number of nitrogens with one attached hydrogen (secondary N) is 1. The number of halogens is 2. The van der Waals surface area contributed by atoms with Crippen LogP contribution in [0.15, 0.2) is 18.2 Å². The zero-order chi connectivity index (χ0) is 12.7. The van der Waals surface area contributed by atoms with Crippen molar-refractivity contribution in [2.75, 3.05) is 20.3 Å². The van der Waals surface area contributed by atoms with Crippen LogP contribution in [0, 0.1) is 0 Å². The largest absolute Gasteiger partial charge is 0.381 e. The molecular formula is C13H19Cl2NO. The second-order valence-corrected chi connectivity index (χ2v) is 4.73. The maximum Gasteiger partial charge on any atom is 0.0595 e. The number of hydrogen-bond donors (Lipinski definition) is 1. The molecule has 4 heteroatoms. The monoisotopic (exact) mass is 275 g/mol. The van der Waals surface area contributed by atoms with Crippen molar-refractivity contribution in [1.29, 1.82) is 0 Å². The summed E-state index contributed by atoms with van der Waals surface area (Å²) in [5.41, 5.74) is 1.14. The van der Waals surface area contributed by atoms with Crippen LogP contribution in [0.4, 0.5) is 0 Å². The second-order valence-electron chi connectivity index (χ2n) is 3.92. The van der Waals surface area contributed by atoms with E-state index in [-0.39, 0.29) is 6.04 Å². The van der Waals surface area contributed by atoms with Crippen LogP contribution in [-0.4, -0.2) is 20.3 Å². The fourth-order valence-corrected chi connectivity index (χ4v) is 1.96. The van der Waals surface area contributed by atoms with E-state index in [1.807, 2.05) is 25.2 Å². The second kappa shape index (κ2) is 7.93. The highest BCUT2D eigenvalue weighted by atomic mass is 35.5. The van der Waals surface area contributed by atoms with Gasteiger partial charge in [0.15, 0.2) is 0 Å². The van der Waals surface area contributed by atoms with Crippen LogP contribution >= 0.6 is 23.2 Å². The van der Waals surface area contributed by atoms with Crippen molar-refractivity contribution in [2.45, 2.75) is 25.8 Å². The van der Waals surface area contributed by atoms with Crippen molar-refractivity contribution in [3.63, 3.8) is 0 Å². The highest BCUT2D eigenvalue weighted by Crippen LogP contribution is 2.26. The van der Waals surface area contributed by atoms with Gasteiger partial charge in [-0.05, 0) is 37.6 Å². The van der Waals surface area contributed by atoms with Crippen molar-refractivity contribution >= 4 is 23.2 Å². The summed E-state index contributed by atoms with van der Waals surface area (Å²) in [6, 6.07) is 5.98. The molecule has 1 unspecified atom stereocenters. The van der Waals surface area contributed by atoms with Gasteiger partial charge in [0, 0.05) is 19.3 Å². The third kappa shape index (κ3) is 4.84. The van der Waals surface area contributed by atoms with Crippen molar-refractivity contribution in [3.8, 4) is 0 Å². The number of hydrogen-bond acceptors (Lipinski definition) is 2. The summed E-state index contributed by atoms with van der Waals surface area (Å²) in [5, 5.41) is 4.45. The van der Waals surface area contributed by atoms with Gasteiger partial charge in [0.1, 0.15) is 0 Å². The van der Waals surface area contributed by atoms with E-state index >= 15 is 0 Å². The van der Waals surface area contributed by atoms with Gasteiger partial charge >= 0.3 is 0 Å². The van der Waals surface area contributed by atoms with E-state index in [1.54, 1.807) is 0 Å². The van der Waals surface area contributed by atoms with Gasteiger partial charge in [-0.1, -0.05) is 36.2 Å². The van der Waals surface area contributed by atoms with Gasteiger partial charge in [-0.25, -0.2) is 0 Å². The molecule has 0 fully saturated rings. The first kappa shape index (κ1) is 14.8. The fraction of sp³-hybridized carbons (Fsp3) is 0.538. The summed E-state index contributed by atoms with van der Waals surface area (Å²) in [4.78, 5) is 0. The van der Waals surface area contributed by atoms with Crippen molar-refractivity contribution in [1.82, 2.24) is 5.32 Å². The van der Waals surface area contributed by atoms with Crippen LogP contribution in [0.5, 0.6) is 0 Å². The Morgan fingerprint density at radius 3 is 2.59 bits per heavy atom. The molecule has 0 aliphatic carbocycles. The molecule has 17 heavy (non-hydrogen) atoms. The molecule has 0 amide bonds. The van der Waals surface area contributed by atoms with E-state index in [1.165, 1.54) is 0 Å².